The van der Waals surface area contributed by atoms with Gasteiger partial charge in [0.05, 0.1) is 41.0 Å². The molecule has 8 rings (SSSR count). The van der Waals surface area contributed by atoms with Crippen LogP contribution >= 0.6 is 0 Å². The molecule has 4 heterocycles. The number of ether oxygens (including phenoxy) is 3. The Morgan fingerprint density at radius 2 is 1.31 bits per heavy atom. The first-order chi connectivity index (χ1) is 29.7. The van der Waals surface area contributed by atoms with Crippen molar-refractivity contribution < 1.29 is 56.0 Å². The number of carboxylic acid groups (broad SMARTS) is 2. The number of piperidine rings is 2. The predicted octanol–water partition coefficient (Wildman–Crippen LogP) is 8.21. The predicted molar refractivity (Wildman–Crippen MR) is 221 cm³/mol. The molecular weight excluding hydrogens is 815 g/mol. The van der Waals surface area contributed by atoms with Crippen molar-refractivity contribution in [1.29, 1.82) is 0 Å². The van der Waals surface area contributed by atoms with Crippen molar-refractivity contribution in [3.8, 4) is 5.75 Å². The molecule has 2 aliphatic rings. The highest BCUT2D eigenvalue weighted by atomic mass is 19.1. The Kier molecular flexibility index (Phi) is 15.3. The summed E-state index contributed by atoms with van der Waals surface area (Å²) in [6.45, 7) is 7.21. The number of aryl methyl sites for hydroxylation is 1. The van der Waals surface area contributed by atoms with Crippen LogP contribution in [0.1, 0.15) is 73.2 Å². The number of halogens is 4. The summed E-state index contributed by atoms with van der Waals surface area (Å²) in [4.78, 5) is 34.8. The second kappa shape index (κ2) is 20.8. The first-order valence-corrected chi connectivity index (χ1v) is 20.2. The first-order valence-electron chi connectivity index (χ1n) is 20.2. The second-order valence-electron chi connectivity index (χ2n) is 15.2. The molecular formula is C45H49F4N5O8. The van der Waals surface area contributed by atoms with Gasteiger partial charge in [-0.05, 0) is 108 Å². The van der Waals surface area contributed by atoms with Crippen molar-refractivity contribution in [3.05, 3.63) is 124 Å². The Hall–Kier alpha value is -5.88. The van der Waals surface area contributed by atoms with Gasteiger partial charge in [0.2, 0.25) is 5.89 Å². The van der Waals surface area contributed by atoms with E-state index >= 15 is 4.39 Å². The molecule has 0 bridgehead atoms. The van der Waals surface area contributed by atoms with Crippen LogP contribution < -0.4 is 4.74 Å². The third kappa shape index (κ3) is 11.3. The molecule has 0 amide bonds. The standard InChI is InChI=1S/C22H25F2N3O2.C21H22F2N2O2.C2H2O4/c1-3-28-18-9-8-15(23)19(20(18)24)21(29-14-10-12-27(2)13-11-14)22-25-16-6-4-5-7-17(16)26-22;1-13-11-15(22)19(16(23)12-13)20(26-14-7-9-25(2)10-8-14)21-24-17-5-3-4-6-18(17)27-21;3-1(4)2(5)6/h4-9,14,21H,3,10-13H2,1-2H3,(H,25,26);3-6,11-12,14,20H,7-10H2,1-2H3;(H,3,4)(H,5,6). The molecule has 0 aliphatic carbocycles. The number of H-pyrrole nitrogens is 1. The average Bonchev–Trinajstić information content (AvgIpc) is 3.88. The fraction of sp³-hybridized carbons (Fsp3) is 0.378. The number of hydrogen-bond donors (Lipinski definition) is 3. The SMILES string of the molecule is CCOc1ccc(F)c(C(OC2CCN(C)CC2)c2nc3ccccc3[nH]2)c1F.Cc1cc(F)c(C(OC2CCN(C)CC2)c2nc3ccccc3o2)c(F)c1.O=C(O)C(=O)O. The van der Waals surface area contributed by atoms with E-state index in [2.05, 4.69) is 31.8 Å². The fourth-order valence-electron chi connectivity index (χ4n) is 7.26. The lowest BCUT2D eigenvalue weighted by atomic mass is 10.0. The molecule has 3 N–H and O–H groups in total. The molecule has 2 unspecified atom stereocenters. The molecule has 0 saturated carbocycles. The van der Waals surface area contributed by atoms with Crippen molar-refractivity contribution >= 4 is 34.1 Å². The van der Waals surface area contributed by atoms with E-state index in [-0.39, 0.29) is 41.6 Å². The Bertz CT molecular complexity index is 2360. The average molecular weight is 864 g/mol. The molecule has 2 saturated heterocycles. The van der Waals surface area contributed by atoms with Crippen LogP contribution in [0.15, 0.2) is 77.2 Å². The zero-order valence-electron chi connectivity index (χ0n) is 34.7. The highest BCUT2D eigenvalue weighted by molar-refractivity contribution is 6.27. The fourth-order valence-corrected chi connectivity index (χ4v) is 7.26. The van der Waals surface area contributed by atoms with Crippen LogP contribution in [0.3, 0.4) is 0 Å². The number of para-hydroxylation sites is 4. The van der Waals surface area contributed by atoms with E-state index in [1.54, 1.807) is 26.0 Å². The molecule has 6 aromatic rings. The number of carboxylic acids is 2. The van der Waals surface area contributed by atoms with Crippen molar-refractivity contribution in [3.63, 3.8) is 0 Å². The molecule has 17 heteroatoms. The minimum absolute atomic E-state index is 0.0111. The quantitative estimate of drug-likeness (QED) is 0.0895. The van der Waals surface area contributed by atoms with Crippen LogP contribution in [0, 0.1) is 30.2 Å². The third-order valence-electron chi connectivity index (χ3n) is 10.5. The minimum Gasteiger partial charge on any atom is -0.491 e. The zero-order chi connectivity index (χ0) is 44.5. The summed E-state index contributed by atoms with van der Waals surface area (Å²) in [5.74, 6) is -5.79. The summed E-state index contributed by atoms with van der Waals surface area (Å²) in [6, 6.07) is 19.9. The zero-order valence-corrected chi connectivity index (χ0v) is 34.7. The van der Waals surface area contributed by atoms with Gasteiger partial charge in [-0.25, -0.2) is 37.1 Å². The number of oxazole rings is 1. The van der Waals surface area contributed by atoms with Gasteiger partial charge in [-0.1, -0.05) is 24.3 Å². The number of fused-ring (bicyclic) bond motifs is 2. The minimum atomic E-state index is -1.82. The number of benzene rings is 4. The summed E-state index contributed by atoms with van der Waals surface area (Å²) in [7, 11) is 4.10. The molecule has 62 heavy (non-hydrogen) atoms. The topological polar surface area (TPSA) is 163 Å². The van der Waals surface area contributed by atoms with Crippen LogP contribution in [-0.4, -0.2) is 106 Å². The van der Waals surface area contributed by atoms with Crippen molar-refractivity contribution in [2.75, 3.05) is 46.9 Å². The molecule has 330 valence electrons. The van der Waals surface area contributed by atoms with E-state index in [0.29, 0.717) is 22.5 Å². The van der Waals surface area contributed by atoms with Gasteiger partial charge in [-0.15, -0.1) is 0 Å². The molecule has 13 nitrogen and oxygen atoms in total. The Balaban J connectivity index is 0.000000183. The summed E-state index contributed by atoms with van der Waals surface area (Å²) < 4.78 is 83.1. The van der Waals surface area contributed by atoms with Gasteiger partial charge in [0.1, 0.15) is 34.9 Å². The number of likely N-dealkylation sites (tertiary alicyclic amines) is 2. The number of rotatable bonds is 10. The van der Waals surface area contributed by atoms with E-state index in [1.807, 2.05) is 43.4 Å². The van der Waals surface area contributed by atoms with Crippen LogP contribution in [-0.2, 0) is 19.1 Å². The second-order valence-corrected chi connectivity index (χ2v) is 15.2. The third-order valence-corrected chi connectivity index (χ3v) is 10.5. The maximum Gasteiger partial charge on any atom is 0.414 e. The monoisotopic (exact) mass is 863 g/mol. The van der Waals surface area contributed by atoms with Crippen molar-refractivity contribution in [1.82, 2.24) is 24.8 Å². The molecule has 0 spiro atoms. The van der Waals surface area contributed by atoms with E-state index in [9.17, 15) is 13.2 Å². The first kappa shape index (κ1) is 45.6. The van der Waals surface area contributed by atoms with E-state index in [4.69, 9.17) is 38.4 Å². The molecule has 2 aliphatic heterocycles. The Morgan fingerprint density at radius 1 is 0.758 bits per heavy atom. The van der Waals surface area contributed by atoms with Gasteiger partial charge in [0.15, 0.2) is 23.3 Å². The number of aromatic nitrogens is 3. The van der Waals surface area contributed by atoms with Gasteiger partial charge in [0, 0.05) is 26.2 Å². The summed E-state index contributed by atoms with van der Waals surface area (Å²) in [5.41, 5.74) is 2.92. The smallest absolute Gasteiger partial charge is 0.414 e. The maximum atomic E-state index is 15.2. The molecule has 0 radical (unpaired) electrons. The number of imidazole rings is 1. The highest BCUT2D eigenvalue weighted by Gasteiger charge is 2.33. The van der Waals surface area contributed by atoms with Crippen LogP contribution in [0.5, 0.6) is 5.75 Å². The largest absolute Gasteiger partial charge is 0.491 e. The highest BCUT2D eigenvalue weighted by Crippen LogP contribution is 2.37. The van der Waals surface area contributed by atoms with E-state index in [1.165, 1.54) is 24.3 Å². The van der Waals surface area contributed by atoms with Gasteiger partial charge in [-0.3, -0.25) is 0 Å². The van der Waals surface area contributed by atoms with Crippen molar-refractivity contribution in [2.45, 2.75) is 63.9 Å². The lowest BCUT2D eigenvalue weighted by Crippen LogP contribution is -2.35. The lowest BCUT2D eigenvalue weighted by Gasteiger charge is -2.31. The number of nitrogens with zero attached hydrogens (tertiary/aromatic N) is 4. The maximum absolute atomic E-state index is 15.2. The summed E-state index contributed by atoms with van der Waals surface area (Å²) >= 11 is 0. The van der Waals surface area contributed by atoms with E-state index in [0.717, 1.165) is 62.9 Å². The van der Waals surface area contributed by atoms with Crippen LogP contribution in [0.4, 0.5) is 17.6 Å². The number of carbonyl (C=O) groups is 2. The summed E-state index contributed by atoms with van der Waals surface area (Å²) in [5, 5.41) is 14.8. The number of aliphatic carboxylic acids is 2. The van der Waals surface area contributed by atoms with Crippen LogP contribution in [0.2, 0.25) is 0 Å². The molecule has 4 aromatic carbocycles. The number of aromatic amines is 1. The number of nitrogens with one attached hydrogen (secondary N) is 1. The molecule has 2 aromatic heterocycles. The van der Waals surface area contributed by atoms with Gasteiger partial charge in [-0.2, -0.15) is 0 Å². The van der Waals surface area contributed by atoms with Gasteiger partial charge in [0.25, 0.3) is 0 Å². The van der Waals surface area contributed by atoms with Crippen LogP contribution in [0.25, 0.3) is 22.1 Å². The molecule has 2 fully saturated rings. The Labute approximate surface area is 355 Å². The van der Waals surface area contributed by atoms with Gasteiger partial charge >= 0.3 is 11.9 Å². The van der Waals surface area contributed by atoms with Crippen molar-refractivity contribution in [2.24, 2.45) is 0 Å². The van der Waals surface area contributed by atoms with E-state index < -0.39 is 47.4 Å². The number of hydrogen-bond acceptors (Lipinski definition) is 10. The summed E-state index contributed by atoms with van der Waals surface area (Å²) in [6.07, 6.45) is 0.941. The lowest BCUT2D eigenvalue weighted by molar-refractivity contribution is -0.159. The normalized spacial score (nSPS) is 16.3. The molecule has 2 atom stereocenters. The Morgan fingerprint density at radius 3 is 1.85 bits per heavy atom. The van der Waals surface area contributed by atoms with Gasteiger partial charge < -0.3 is 43.6 Å².